The van der Waals surface area contributed by atoms with Crippen molar-refractivity contribution in [1.29, 1.82) is 0 Å². The van der Waals surface area contributed by atoms with E-state index in [9.17, 15) is 9.90 Å². The third-order valence-electron chi connectivity index (χ3n) is 2.87. The predicted molar refractivity (Wildman–Crippen MR) is 70.9 cm³/mol. The van der Waals surface area contributed by atoms with Crippen molar-refractivity contribution in [3.05, 3.63) is 28.2 Å². The summed E-state index contributed by atoms with van der Waals surface area (Å²) in [7, 11) is 0. The molecule has 5 heteroatoms. The molecule has 100 valence electrons. The van der Waals surface area contributed by atoms with Crippen LogP contribution in [0.1, 0.15) is 24.2 Å². The molecule has 0 bridgehead atoms. The number of quaternary nitrogens is 1. The molecule has 0 atom stereocenters. The number of rotatable bonds is 7. The lowest BCUT2D eigenvalue weighted by Gasteiger charge is -2.17. The summed E-state index contributed by atoms with van der Waals surface area (Å²) in [5.74, 6) is -0.855. The van der Waals surface area contributed by atoms with Crippen molar-refractivity contribution in [1.82, 2.24) is 0 Å². The maximum Gasteiger partial charge on any atom is 0.137 e. The van der Waals surface area contributed by atoms with Gasteiger partial charge in [-0.2, -0.15) is 0 Å². The average Bonchev–Trinajstić information content (AvgIpc) is 2.36. The number of halogens is 1. The van der Waals surface area contributed by atoms with E-state index >= 15 is 0 Å². The Kier molecular flexibility index (Phi) is 6.15. The first-order valence-electron chi connectivity index (χ1n) is 6.05. The highest BCUT2D eigenvalue weighted by Crippen LogP contribution is 2.22. The molecular formula is C13H18BrNO3. The molecule has 0 aromatic heterocycles. The van der Waals surface area contributed by atoms with Crippen molar-refractivity contribution in [3.63, 3.8) is 0 Å². The van der Waals surface area contributed by atoms with Crippen molar-refractivity contribution >= 4 is 21.9 Å². The molecule has 0 heterocycles. The lowest BCUT2D eigenvalue weighted by molar-refractivity contribution is -0.896. The second kappa shape index (κ2) is 7.38. The van der Waals surface area contributed by atoms with Gasteiger partial charge >= 0.3 is 0 Å². The van der Waals surface area contributed by atoms with Gasteiger partial charge in [-0.05, 0) is 32.0 Å². The van der Waals surface area contributed by atoms with Crippen molar-refractivity contribution in [3.8, 4) is 5.75 Å². The van der Waals surface area contributed by atoms with Gasteiger partial charge in [0, 0.05) is 10.0 Å². The average molecular weight is 316 g/mol. The quantitative estimate of drug-likeness (QED) is 0.777. The van der Waals surface area contributed by atoms with Crippen LogP contribution in [0.2, 0.25) is 0 Å². The van der Waals surface area contributed by atoms with Crippen LogP contribution in [0.5, 0.6) is 5.75 Å². The van der Waals surface area contributed by atoms with Crippen molar-refractivity contribution in [2.75, 3.05) is 26.2 Å². The molecule has 0 fully saturated rings. The van der Waals surface area contributed by atoms with E-state index in [4.69, 9.17) is 4.74 Å². The van der Waals surface area contributed by atoms with Gasteiger partial charge in [-0.1, -0.05) is 15.9 Å². The Morgan fingerprint density at radius 2 is 2.06 bits per heavy atom. The number of carbonyl (C=O) groups excluding carboxylic acids is 1. The third-order valence-corrected chi connectivity index (χ3v) is 3.37. The monoisotopic (exact) mass is 315 g/mol. The van der Waals surface area contributed by atoms with E-state index in [1.807, 2.05) is 0 Å². The normalized spacial score (nSPS) is 10.7. The molecule has 0 saturated heterocycles. The van der Waals surface area contributed by atoms with Gasteiger partial charge in [-0.15, -0.1) is 0 Å². The minimum Gasteiger partial charge on any atom is -0.545 e. The number of carboxylic acid groups (broad SMARTS) is 1. The molecule has 0 aliphatic heterocycles. The number of likely N-dealkylation sites (N-methyl/N-ethyl adjacent to an activating group) is 1. The second-order valence-electron chi connectivity index (χ2n) is 3.98. The topological polar surface area (TPSA) is 53.8 Å². The summed E-state index contributed by atoms with van der Waals surface area (Å²) in [6.07, 6.45) is 0. The first kappa shape index (κ1) is 15.0. The highest BCUT2D eigenvalue weighted by molar-refractivity contribution is 9.10. The van der Waals surface area contributed by atoms with Gasteiger partial charge in [0.05, 0.1) is 19.1 Å². The van der Waals surface area contributed by atoms with Crippen molar-refractivity contribution in [2.45, 2.75) is 13.8 Å². The van der Waals surface area contributed by atoms with E-state index in [0.29, 0.717) is 16.8 Å². The Bertz CT molecular complexity index is 405. The van der Waals surface area contributed by atoms with E-state index in [1.54, 1.807) is 12.1 Å². The number of carbonyl (C=O) groups is 1. The van der Waals surface area contributed by atoms with E-state index < -0.39 is 5.97 Å². The van der Waals surface area contributed by atoms with Crippen molar-refractivity contribution < 1.29 is 19.5 Å². The maximum absolute atomic E-state index is 11.0. The van der Waals surface area contributed by atoms with Crippen LogP contribution in [0.25, 0.3) is 0 Å². The van der Waals surface area contributed by atoms with E-state index in [0.717, 1.165) is 19.6 Å². The van der Waals surface area contributed by atoms with Crippen LogP contribution >= 0.6 is 15.9 Å². The number of aromatic carboxylic acids is 1. The van der Waals surface area contributed by atoms with E-state index in [1.165, 1.54) is 11.0 Å². The van der Waals surface area contributed by atoms with Crippen LogP contribution < -0.4 is 14.7 Å². The fourth-order valence-electron chi connectivity index (χ4n) is 1.70. The van der Waals surface area contributed by atoms with Crippen LogP contribution in [-0.2, 0) is 0 Å². The van der Waals surface area contributed by atoms with Gasteiger partial charge in [-0.25, -0.2) is 0 Å². The predicted octanol–water partition coefficient (Wildman–Crippen LogP) is 0.116. The van der Waals surface area contributed by atoms with Crippen LogP contribution in [0.15, 0.2) is 22.7 Å². The van der Waals surface area contributed by atoms with E-state index in [-0.39, 0.29) is 5.56 Å². The molecule has 0 spiro atoms. The maximum atomic E-state index is 11.0. The summed E-state index contributed by atoms with van der Waals surface area (Å²) in [5.41, 5.74) is 0.0823. The van der Waals surface area contributed by atoms with Crippen LogP contribution in [0, 0.1) is 0 Å². The second-order valence-corrected chi connectivity index (χ2v) is 4.90. The fraction of sp³-hybridized carbons (Fsp3) is 0.462. The van der Waals surface area contributed by atoms with Crippen LogP contribution in [-0.4, -0.2) is 32.2 Å². The molecule has 0 saturated carbocycles. The number of nitrogens with one attached hydrogen (secondary N) is 1. The largest absolute Gasteiger partial charge is 0.545 e. The lowest BCUT2D eigenvalue weighted by Crippen LogP contribution is -3.12. The van der Waals surface area contributed by atoms with Gasteiger partial charge in [-0.3, -0.25) is 0 Å². The first-order valence-corrected chi connectivity index (χ1v) is 6.85. The Labute approximate surface area is 116 Å². The molecule has 0 aliphatic rings. The molecule has 0 unspecified atom stereocenters. The van der Waals surface area contributed by atoms with Gasteiger partial charge in [0.15, 0.2) is 0 Å². The van der Waals surface area contributed by atoms with Crippen LogP contribution in [0.3, 0.4) is 0 Å². The molecule has 0 amide bonds. The highest BCUT2D eigenvalue weighted by atomic mass is 79.9. The van der Waals surface area contributed by atoms with E-state index in [2.05, 4.69) is 29.8 Å². The SMILES string of the molecule is CC[NH+](CC)CCOc1ccc(Br)cc1C(=O)[O-]. The van der Waals surface area contributed by atoms with Gasteiger partial charge in [0.25, 0.3) is 0 Å². The summed E-state index contributed by atoms with van der Waals surface area (Å²) in [5, 5.41) is 11.0. The van der Waals surface area contributed by atoms with Gasteiger partial charge < -0.3 is 19.5 Å². The molecule has 4 nitrogen and oxygen atoms in total. The summed E-state index contributed by atoms with van der Waals surface area (Å²) in [4.78, 5) is 12.4. The third kappa shape index (κ3) is 4.31. The molecular weight excluding hydrogens is 298 g/mol. The minimum absolute atomic E-state index is 0.0823. The number of hydrogen-bond donors (Lipinski definition) is 1. The molecule has 1 N–H and O–H groups in total. The zero-order chi connectivity index (χ0) is 13.5. The standard InChI is InChI=1S/C13H18BrNO3/c1-3-15(4-2)7-8-18-12-6-5-10(14)9-11(12)13(16)17/h5-6,9H,3-4,7-8H2,1-2H3,(H,16,17). The smallest absolute Gasteiger partial charge is 0.137 e. The highest BCUT2D eigenvalue weighted by Gasteiger charge is 2.07. The minimum atomic E-state index is -1.22. The zero-order valence-corrected chi connectivity index (χ0v) is 12.2. The molecule has 0 aliphatic carbocycles. The Morgan fingerprint density at radius 3 is 2.61 bits per heavy atom. The summed E-state index contributed by atoms with van der Waals surface area (Å²) in [6.45, 7) is 7.66. The molecule has 1 rings (SSSR count). The number of carboxylic acids is 1. The first-order chi connectivity index (χ1) is 8.58. The Morgan fingerprint density at radius 1 is 1.39 bits per heavy atom. The molecule has 18 heavy (non-hydrogen) atoms. The van der Waals surface area contributed by atoms with Gasteiger partial charge in [0.1, 0.15) is 18.9 Å². The fourth-order valence-corrected chi connectivity index (χ4v) is 2.06. The molecule has 1 aromatic carbocycles. The van der Waals surface area contributed by atoms with Crippen LogP contribution in [0.4, 0.5) is 0 Å². The number of benzene rings is 1. The summed E-state index contributed by atoms with van der Waals surface area (Å²) >= 11 is 3.23. The Balaban J connectivity index is 2.64. The van der Waals surface area contributed by atoms with Crippen molar-refractivity contribution in [2.24, 2.45) is 0 Å². The summed E-state index contributed by atoms with van der Waals surface area (Å²) < 4.78 is 6.22. The van der Waals surface area contributed by atoms with Gasteiger partial charge in [0.2, 0.25) is 0 Å². The summed E-state index contributed by atoms with van der Waals surface area (Å²) in [6, 6.07) is 4.90. The number of ether oxygens (including phenoxy) is 1. The number of hydrogen-bond acceptors (Lipinski definition) is 3. The Hall–Kier alpha value is -1.07. The molecule has 0 radical (unpaired) electrons. The zero-order valence-electron chi connectivity index (χ0n) is 10.7. The lowest BCUT2D eigenvalue weighted by atomic mass is 10.2. The molecule has 1 aromatic rings.